The van der Waals surface area contributed by atoms with Crippen LogP contribution in [0.5, 0.6) is 0 Å². The number of fused-ring (bicyclic) bond motifs is 1. The molecule has 0 saturated heterocycles. The third-order valence-electron chi connectivity index (χ3n) is 6.41. The van der Waals surface area contributed by atoms with Crippen LogP contribution in [0.2, 0.25) is 0 Å². The molecule has 0 spiro atoms. The van der Waals surface area contributed by atoms with E-state index >= 15 is 0 Å². The zero-order chi connectivity index (χ0) is 31.5. The van der Waals surface area contributed by atoms with Crippen LogP contribution in [0.1, 0.15) is 30.4 Å². The van der Waals surface area contributed by atoms with E-state index in [4.69, 9.17) is 5.73 Å². The molecule has 0 bridgehead atoms. The van der Waals surface area contributed by atoms with Crippen molar-refractivity contribution in [1.29, 1.82) is 0 Å². The fourth-order valence-corrected chi connectivity index (χ4v) is 4.40. The van der Waals surface area contributed by atoms with Gasteiger partial charge in [-0.15, -0.1) is 0 Å². The number of pyridine rings is 2. The van der Waals surface area contributed by atoms with Crippen LogP contribution < -0.4 is 22.2 Å². The second-order valence-corrected chi connectivity index (χ2v) is 9.27. The molecule has 0 aliphatic heterocycles. The van der Waals surface area contributed by atoms with E-state index in [1.165, 1.54) is 29.0 Å². The average molecular weight is 618 g/mol. The molecular weight excluding hydrogens is 596 g/mol. The molecule has 3 heterocycles. The molecule has 43 heavy (non-hydrogen) atoms. The molecule has 1 aromatic carbocycles. The van der Waals surface area contributed by atoms with Crippen LogP contribution in [-0.4, -0.2) is 39.0 Å². The van der Waals surface area contributed by atoms with Gasteiger partial charge >= 0.3 is 12.8 Å². The van der Waals surface area contributed by atoms with Crippen molar-refractivity contribution in [2.45, 2.75) is 44.6 Å². The SMILES string of the molecule is Nc1nc(-c2cc3ccn(CCC[C@H](COC(F)F)Nc4cn[nH]c(=O)c4C(F)(F)F)c(=O)c3cc2F)ccc1C(F)F. The van der Waals surface area contributed by atoms with Gasteiger partial charge in [0.15, 0.2) is 0 Å². The number of rotatable bonds is 11. The molecule has 0 aliphatic carbocycles. The van der Waals surface area contributed by atoms with Crippen molar-refractivity contribution in [3.05, 3.63) is 80.4 Å². The molecule has 4 N–H and O–H groups in total. The first-order valence-corrected chi connectivity index (χ1v) is 12.4. The largest absolute Gasteiger partial charge is 0.423 e. The number of aromatic nitrogens is 4. The number of halogens is 8. The van der Waals surface area contributed by atoms with Crippen LogP contribution in [0.3, 0.4) is 0 Å². The Morgan fingerprint density at radius 2 is 1.84 bits per heavy atom. The molecule has 0 aliphatic rings. The minimum absolute atomic E-state index is 0.0284. The summed E-state index contributed by atoms with van der Waals surface area (Å²) >= 11 is 0. The van der Waals surface area contributed by atoms with Gasteiger partial charge in [0, 0.05) is 24.3 Å². The van der Waals surface area contributed by atoms with Crippen molar-refractivity contribution >= 4 is 22.3 Å². The number of benzene rings is 1. The highest BCUT2D eigenvalue weighted by atomic mass is 19.4. The number of hydrogen-bond donors (Lipinski definition) is 3. The molecule has 0 saturated carbocycles. The summed E-state index contributed by atoms with van der Waals surface area (Å²) in [5.74, 6) is -1.35. The van der Waals surface area contributed by atoms with E-state index < -0.39 is 71.4 Å². The Morgan fingerprint density at radius 3 is 2.49 bits per heavy atom. The van der Waals surface area contributed by atoms with Crippen LogP contribution >= 0.6 is 0 Å². The number of nitrogen functional groups attached to an aromatic ring is 1. The molecule has 0 unspecified atom stereocenters. The molecule has 9 nitrogen and oxygen atoms in total. The molecular formula is C26H22F8N6O3. The van der Waals surface area contributed by atoms with Gasteiger partial charge in [-0.3, -0.25) is 9.59 Å². The Labute approximate surface area is 236 Å². The van der Waals surface area contributed by atoms with E-state index in [2.05, 4.69) is 20.1 Å². The molecule has 0 radical (unpaired) electrons. The predicted molar refractivity (Wildman–Crippen MR) is 139 cm³/mol. The first kappa shape index (κ1) is 31.4. The fraction of sp³-hybridized carbons (Fsp3) is 0.308. The first-order valence-electron chi connectivity index (χ1n) is 12.4. The van der Waals surface area contributed by atoms with Crippen LogP contribution in [-0.2, 0) is 17.5 Å². The number of H-pyrrole nitrogens is 1. The van der Waals surface area contributed by atoms with Gasteiger partial charge < -0.3 is 20.4 Å². The van der Waals surface area contributed by atoms with Gasteiger partial charge in [-0.2, -0.15) is 27.1 Å². The van der Waals surface area contributed by atoms with Crippen LogP contribution in [0.4, 0.5) is 46.6 Å². The van der Waals surface area contributed by atoms with Gasteiger partial charge in [0.25, 0.3) is 17.5 Å². The lowest BCUT2D eigenvalue weighted by Gasteiger charge is -2.22. The summed E-state index contributed by atoms with van der Waals surface area (Å²) in [6, 6.07) is 4.77. The number of nitrogens with one attached hydrogen (secondary N) is 2. The van der Waals surface area contributed by atoms with E-state index in [1.54, 1.807) is 5.10 Å². The van der Waals surface area contributed by atoms with Crippen LogP contribution in [0.25, 0.3) is 22.0 Å². The normalized spacial score (nSPS) is 12.8. The van der Waals surface area contributed by atoms with E-state index in [0.29, 0.717) is 11.6 Å². The molecule has 4 rings (SSSR count). The monoisotopic (exact) mass is 618 g/mol. The third kappa shape index (κ3) is 7.28. The summed E-state index contributed by atoms with van der Waals surface area (Å²) in [6.07, 6.45) is -5.91. The number of hydrogen-bond acceptors (Lipinski definition) is 7. The Balaban J connectivity index is 1.54. The molecule has 1 atom stereocenters. The van der Waals surface area contributed by atoms with Gasteiger partial charge in [-0.05, 0) is 48.6 Å². The standard InChI is InChI=1S/C26H22F8N6O3/c27-17-9-15-12(8-16(17)18-4-3-14(21(28)29)22(35)38-18)5-7-40(24(15)42)6-1-2-13(11-43-25(30)31)37-19-10-36-39-23(41)20(19)26(32,33)34/h3-5,7-10,13,21,25H,1-2,6,11H2,(H2,35,38)(H2,37,39,41)/t13-/m1/s1. The van der Waals surface area contributed by atoms with Crippen molar-refractivity contribution in [1.82, 2.24) is 19.7 Å². The van der Waals surface area contributed by atoms with E-state index in [9.17, 15) is 44.7 Å². The minimum Gasteiger partial charge on any atom is -0.383 e. The summed E-state index contributed by atoms with van der Waals surface area (Å²) in [7, 11) is 0. The summed E-state index contributed by atoms with van der Waals surface area (Å²) < 4.78 is 112. The van der Waals surface area contributed by atoms with E-state index in [-0.39, 0.29) is 36.0 Å². The van der Waals surface area contributed by atoms with Gasteiger partial charge in [-0.25, -0.2) is 23.3 Å². The summed E-state index contributed by atoms with van der Waals surface area (Å²) in [4.78, 5) is 28.6. The van der Waals surface area contributed by atoms with Crippen molar-refractivity contribution in [3.8, 4) is 11.3 Å². The van der Waals surface area contributed by atoms with Crippen molar-refractivity contribution in [2.75, 3.05) is 17.7 Å². The van der Waals surface area contributed by atoms with Crippen LogP contribution in [0, 0.1) is 5.82 Å². The zero-order valence-electron chi connectivity index (χ0n) is 21.8. The lowest BCUT2D eigenvalue weighted by Crippen LogP contribution is -2.32. The topological polar surface area (TPSA) is 128 Å². The highest BCUT2D eigenvalue weighted by Gasteiger charge is 2.37. The average Bonchev–Trinajstić information content (AvgIpc) is 2.92. The number of nitrogens with zero attached hydrogens (tertiary/aromatic N) is 3. The number of nitrogens with two attached hydrogens (primary N) is 1. The molecule has 230 valence electrons. The van der Waals surface area contributed by atoms with Crippen LogP contribution in [0.15, 0.2) is 52.3 Å². The lowest BCUT2D eigenvalue weighted by molar-refractivity contribution is -0.138. The van der Waals surface area contributed by atoms with E-state index in [1.807, 2.05) is 0 Å². The van der Waals surface area contributed by atoms with Crippen molar-refractivity contribution in [3.63, 3.8) is 0 Å². The molecule has 3 aromatic heterocycles. The summed E-state index contributed by atoms with van der Waals surface area (Å²) in [5, 5.41) is 7.60. The Morgan fingerprint density at radius 1 is 1.09 bits per heavy atom. The zero-order valence-corrected chi connectivity index (χ0v) is 21.8. The second-order valence-electron chi connectivity index (χ2n) is 9.27. The van der Waals surface area contributed by atoms with Crippen molar-refractivity contribution < 1.29 is 39.9 Å². The Hall–Kier alpha value is -4.54. The Kier molecular flexibility index (Phi) is 9.32. The van der Waals surface area contributed by atoms with Gasteiger partial charge in [-0.1, -0.05) is 0 Å². The maximum atomic E-state index is 15.0. The maximum absolute atomic E-state index is 15.0. The van der Waals surface area contributed by atoms with Gasteiger partial charge in [0.2, 0.25) is 0 Å². The Bertz CT molecular complexity index is 1720. The molecule has 0 fully saturated rings. The number of aromatic amines is 1. The quantitative estimate of drug-likeness (QED) is 0.194. The minimum atomic E-state index is -5.07. The number of ether oxygens (including phenoxy) is 1. The van der Waals surface area contributed by atoms with E-state index in [0.717, 1.165) is 12.1 Å². The number of alkyl halides is 7. The lowest BCUT2D eigenvalue weighted by atomic mass is 10.0. The highest BCUT2D eigenvalue weighted by Crippen LogP contribution is 2.32. The number of aryl methyl sites for hydroxylation is 1. The molecule has 0 amide bonds. The van der Waals surface area contributed by atoms with Gasteiger partial charge in [0.1, 0.15) is 17.2 Å². The third-order valence-corrected chi connectivity index (χ3v) is 6.41. The van der Waals surface area contributed by atoms with Crippen molar-refractivity contribution in [2.24, 2.45) is 0 Å². The smallest absolute Gasteiger partial charge is 0.383 e. The summed E-state index contributed by atoms with van der Waals surface area (Å²) in [6.45, 7) is -4.00. The summed E-state index contributed by atoms with van der Waals surface area (Å²) in [5.41, 5.74) is 0.429. The predicted octanol–water partition coefficient (Wildman–Crippen LogP) is 5.32. The fourth-order valence-electron chi connectivity index (χ4n) is 4.40. The maximum Gasteiger partial charge on any atom is 0.423 e. The van der Waals surface area contributed by atoms with Gasteiger partial charge in [0.05, 0.1) is 35.1 Å². The molecule has 4 aromatic rings. The first-order chi connectivity index (χ1) is 20.3. The highest BCUT2D eigenvalue weighted by molar-refractivity contribution is 5.86. The second kappa shape index (κ2) is 12.8. The molecule has 17 heteroatoms. The number of anilines is 2.